The van der Waals surface area contributed by atoms with Crippen LogP contribution in [0.3, 0.4) is 0 Å². The molecule has 108 valence electrons. The molecule has 20 heavy (non-hydrogen) atoms. The van der Waals surface area contributed by atoms with E-state index in [2.05, 4.69) is 22.5 Å². The fourth-order valence-corrected chi connectivity index (χ4v) is 2.22. The number of hydrogen-bond donors (Lipinski definition) is 3. The van der Waals surface area contributed by atoms with Crippen molar-refractivity contribution in [3.8, 4) is 11.8 Å². The lowest BCUT2D eigenvalue weighted by Crippen LogP contribution is -2.30. The van der Waals surface area contributed by atoms with E-state index >= 15 is 0 Å². The van der Waals surface area contributed by atoms with E-state index in [-0.39, 0.29) is 24.8 Å². The maximum Gasteiger partial charge on any atom is 0.262 e. The standard InChI is InChI=1S/C14H19N3O2S/c1-2-8-16-12(18)5-9-17-14(19)13-11(4-3-7-15)6-10-20-13/h6,10H,2,5,7-9,15H2,1H3,(H,16,18)(H,17,19). The second kappa shape index (κ2) is 9.13. The van der Waals surface area contributed by atoms with Gasteiger partial charge in [-0.25, -0.2) is 0 Å². The second-order valence-corrected chi connectivity index (χ2v) is 4.94. The minimum atomic E-state index is -0.204. The minimum absolute atomic E-state index is 0.0542. The van der Waals surface area contributed by atoms with Gasteiger partial charge < -0.3 is 16.4 Å². The number of carbonyl (C=O) groups excluding carboxylic acids is 2. The fraction of sp³-hybridized carbons (Fsp3) is 0.429. The highest BCUT2D eigenvalue weighted by molar-refractivity contribution is 7.12. The molecule has 0 atom stereocenters. The topological polar surface area (TPSA) is 84.2 Å². The Morgan fingerprint density at radius 1 is 1.35 bits per heavy atom. The number of hydrogen-bond acceptors (Lipinski definition) is 4. The van der Waals surface area contributed by atoms with Crippen LogP contribution in [0.15, 0.2) is 11.4 Å². The molecule has 0 aromatic carbocycles. The molecule has 0 saturated heterocycles. The molecule has 0 aliphatic heterocycles. The van der Waals surface area contributed by atoms with Crippen molar-refractivity contribution in [1.82, 2.24) is 10.6 Å². The Labute approximate surface area is 122 Å². The van der Waals surface area contributed by atoms with Gasteiger partial charge in [0.05, 0.1) is 6.54 Å². The Bertz CT molecular complexity index is 514. The summed E-state index contributed by atoms with van der Waals surface area (Å²) in [6.45, 7) is 3.23. The van der Waals surface area contributed by atoms with Crippen LogP contribution in [-0.4, -0.2) is 31.4 Å². The summed E-state index contributed by atoms with van der Waals surface area (Å²) in [6, 6.07) is 1.79. The zero-order valence-corrected chi connectivity index (χ0v) is 12.3. The molecule has 0 aliphatic rings. The summed E-state index contributed by atoms with van der Waals surface area (Å²) in [5, 5.41) is 7.29. The van der Waals surface area contributed by atoms with Crippen molar-refractivity contribution in [1.29, 1.82) is 0 Å². The van der Waals surface area contributed by atoms with Crippen molar-refractivity contribution in [3.63, 3.8) is 0 Å². The van der Waals surface area contributed by atoms with Gasteiger partial charge in [0.2, 0.25) is 5.91 Å². The van der Waals surface area contributed by atoms with Crippen LogP contribution in [0.2, 0.25) is 0 Å². The first-order valence-corrected chi connectivity index (χ1v) is 7.38. The summed E-state index contributed by atoms with van der Waals surface area (Å²) in [5.74, 6) is 5.32. The summed E-state index contributed by atoms with van der Waals surface area (Å²) in [4.78, 5) is 23.9. The molecule has 0 spiro atoms. The van der Waals surface area contributed by atoms with Gasteiger partial charge in [0.15, 0.2) is 0 Å². The third-order valence-corrected chi connectivity index (χ3v) is 3.32. The zero-order chi connectivity index (χ0) is 14.8. The molecular formula is C14H19N3O2S. The predicted octanol–water partition coefficient (Wildman–Crippen LogP) is 0.704. The zero-order valence-electron chi connectivity index (χ0n) is 11.5. The third-order valence-electron chi connectivity index (χ3n) is 2.41. The molecule has 1 aromatic rings. The van der Waals surface area contributed by atoms with Crippen LogP contribution in [0.25, 0.3) is 0 Å². The molecule has 6 heteroatoms. The Morgan fingerprint density at radius 3 is 2.85 bits per heavy atom. The lowest BCUT2D eigenvalue weighted by Gasteiger charge is -2.05. The van der Waals surface area contributed by atoms with Gasteiger partial charge in [0.1, 0.15) is 4.88 Å². The summed E-state index contributed by atoms with van der Waals surface area (Å²) in [7, 11) is 0. The van der Waals surface area contributed by atoms with Crippen molar-refractivity contribution in [2.75, 3.05) is 19.6 Å². The Kier molecular flexibility index (Phi) is 7.40. The van der Waals surface area contributed by atoms with Crippen LogP contribution in [0.1, 0.15) is 35.0 Å². The van der Waals surface area contributed by atoms with Crippen molar-refractivity contribution in [2.24, 2.45) is 5.73 Å². The van der Waals surface area contributed by atoms with E-state index in [4.69, 9.17) is 5.73 Å². The molecule has 0 fully saturated rings. The van der Waals surface area contributed by atoms with Gasteiger partial charge in [-0.1, -0.05) is 18.8 Å². The lowest BCUT2D eigenvalue weighted by atomic mass is 10.2. The number of nitrogens with one attached hydrogen (secondary N) is 2. The maximum absolute atomic E-state index is 12.0. The highest BCUT2D eigenvalue weighted by atomic mass is 32.1. The van der Waals surface area contributed by atoms with E-state index in [9.17, 15) is 9.59 Å². The van der Waals surface area contributed by atoms with Gasteiger partial charge in [-0.05, 0) is 17.9 Å². The summed E-state index contributed by atoms with van der Waals surface area (Å²) >= 11 is 1.32. The van der Waals surface area contributed by atoms with Crippen molar-refractivity contribution >= 4 is 23.2 Å². The Hall–Kier alpha value is -1.84. The maximum atomic E-state index is 12.0. The molecule has 1 heterocycles. The van der Waals surface area contributed by atoms with Gasteiger partial charge >= 0.3 is 0 Å². The van der Waals surface area contributed by atoms with Crippen LogP contribution >= 0.6 is 11.3 Å². The largest absolute Gasteiger partial charge is 0.356 e. The molecule has 2 amide bonds. The van der Waals surface area contributed by atoms with Crippen LogP contribution in [0, 0.1) is 11.8 Å². The van der Waals surface area contributed by atoms with Crippen molar-refractivity contribution in [3.05, 3.63) is 21.9 Å². The summed E-state index contributed by atoms with van der Waals surface area (Å²) in [5.41, 5.74) is 5.98. The highest BCUT2D eigenvalue weighted by Gasteiger charge is 2.11. The minimum Gasteiger partial charge on any atom is -0.356 e. The van der Waals surface area contributed by atoms with Crippen LogP contribution in [0.5, 0.6) is 0 Å². The van der Waals surface area contributed by atoms with E-state index in [0.29, 0.717) is 23.5 Å². The molecule has 0 unspecified atom stereocenters. The monoisotopic (exact) mass is 293 g/mol. The van der Waals surface area contributed by atoms with E-state index in [1.165, 1.54) is 11.3 Å². The summed E-state index contributed by atoms with van der Waals surface area (Å²) in [6.07, 6.45) is 1.18. The third kappa shape index (κ3) is 5.43. The van der Waals surface area contributed by atoms with Gasteiger partial charge in [-0.2, -0.15) is 0 Å². The van der Waals surface area contributed by atoms with Crippen molar-refractivity contribution in [2.45, 2.75) is 19.8 Å². The normalized spacial score (nSPS) is 9.50. The molecule has 0 saturated carbocycles. The quantitative estimate of drug-likeness (QED) is 0.675. The number of nitrogens with two attached hydrogens (primary N) is 1. The Balaban J connectivity index is 2.43. The first kappa shape index (κ1) is 16.2. The Morgan fingerprint density at radius 2 is 2.15 bits per heavy atom. The van der Waals surface area contributed by atoms with Crippen LogP contribution in [0.4, 0.5) is 0 Å². The molecular weight excluding hydrogens is 274 g/mol. The molecule has 0 radical (unpaired) electrons. The average Bonchev–Trinajstić information content (AvgIpc) is 2.91. The molecule has 5 nitrogen and oxygen atoms in total. The van der Waals surface area contributed by atoms with Gasteiger partial charge in [-0.3, -0.25) is 9.59 Å². The van der Waals surface area contributed by atoms with Gasteiger partial charge in [0.25, 0.3) is 5.91 Å². The number of amides is 2. The van der Waals surface area contributed by atoms with E-state index in [1.54, 1.807) is 6.07 Å². The van der Waals surface area contributed by atoms with Gasteiger partial charge in [0, 0.05) is 25.1 Å². The average molecular weight is 293 g/mol. The van der Waals surface area contributed by atoms with Crippen LogP contribution in [-0.2, 0) is 4.79 Å². The number of rotatable bonds is 6. The highest BCUT2D eigenvalue weighted by Crippen LogP contribution is 2.15. The number of thiophene rings is 1. The molecule has 0 aliphatic carbocycles. The van der Waals surface area contributed by atoms with E-state index in [0.717, 1.165) is 6.42 Å². The first-order chi connectivity index (χ1) is 9.69. The van der Waals surface area contributed by atoms with Gasteiger partial charge in [-0.15, -0.1) is 11.3 Å². The fourth-order valence-electron chi connectivity index (χ4n) is 1.45. The summed E-state index contributed by atoms with van der Waals surface area (Å²) < 4.78 is 0. The predicted molar refractivity (Wildman–Crippen MR) is 80.5 cm³/mol. The smallest absolute Gasteiger partial charge is 0.262 e. The van der Waals surface area contributed by atoms with Crippen LogP contribution < -0.4 is 16.4 Å². The van der Waals surface area contributed by atoms with E-state index in [1.807, 2.05) is 12.3 Å². The van der Waals surface area contributed by atoms with Crippen molar-refractivity contribution < 1.29 is 9.59 Å². The number of carbonyl (C=O) groups is 2. The molecule has 4 N–H and O–H groups in total. The lowest BCUT2D eigenvalue weighted by molar-refractivity contribution is -0.120. The molecule has 1 aromatic heterocycles. The molecule has 1 rings (SSSR count). The molecule has 0 bridgehead atoms. The SMILES string of the molecule is CCCNC(=O)CCNC(=O)c1sccc1C#CCN. The first-order valence-electron chi connectivity index (χ1n) is 6.50. The van der Waals surface area contributed by atoms with E-state index < -0.39 is 0 Å². The second-order valence-electron chi connectivity index (χ2n) is 4.03.